The van der Waals surface area contributed by atoms with Crippen LogP contribution in [0, 0.1) is 23.2 Å². The Balaban J connectivity index is 1.53. The number of carbonyl (C=O) groups is 1. The molecule has 0 atom stereocenters. The first kappa shape index (κ1) is 12.5. The Morgan fingerprint density at radius 3 is 1.95 bits per heavy atom. The molecule has 19 heavy (non-hydrogen) atoms. The number of halogens is 1. The second-order valence-corrected chi connectivity index (χ2v) is 8.19. The fourth-order valence-electron chi connectivity index (χ4n) is 5.66. The molecule has 0 aromatic carbocycles. The van der Waals surface area contributed by atoms with Crippen molar-refractivity contribution in [2.75, 3.05) is 5.88 Å². The highest BCUT2D eigenvalue weighted by molar-refractivity contribution is 6.19. The molecule has 0 aromatic heterocycles. The van der Waals surface area contributed by atoms with Gasteiger partial charge in [0.2, 0.25) is 5.91 Å². The van der Waals surface area contributed by atoms with E-state index in [0.717, 1.165) is 49.9 Å². The Labute approximate surface area is 120 Å². The van der Waals surface area contributed by atoms with Crippen molar-refractivity contribution in [1.82, 2.24) is 5.32 Å². The lowest BCUT2D eigenvalue weighted by molar-refractivity contribution is -0.149. The molecule has 0 aliphatic heterocycles. The second-order valence-electron chi connectivity index (χ2n) is 7.92. The number of hydrogen-bond donors (Lipinski definition) is 1. The predicted molar refractivity (Wildman–Crippen MR) is 76.0 cm³/mol. The highest BCUT2D eigenvalue weighted by atomic mass is 35.5. The SMILES string of the molecule is O=C(NC1(CCl)CCC1)C12CC3CC(CC(C3)C1)C2. The predicted octanol–water partition coefficient (Wildman–Crippen LogP) is 3.48. The van der Waals surface area contributed by atoms with Gasteiger partial charge in [0.25, 0.3) is 0 Å². The molecule has 0 radical (unpaired) electrons. The van der Waals surface area contributed by atoms with Gasteiger partial charge in [0.1, 0.15) is 0 Å². The van der Waals surface area contributed by atoms with Gasteiger partial charge in [-0.15, -0.1) is 11.6 Å². The van der Waals surface area contributed by atoms with Crippen LogP contribution in [0.15, 0.2) is 0 Å². The zero-order valence-corrected chi connectivity index (χ0v) is 12.3. The van der Waals surface area contributed by atoms with Gasteiger partial charge < -0.3 is 5.32 Å². The zero-order chi connectivity index (χ0) is 13.1. The quantitative estimate of drug-likeness (QED) is 0.789. The monoisotopic (exact) mass is 281 g/mol. The largest absolute Gasteiger partial charge is 0.349 e. The first-order chi connectivity index (χ1) is 9.13. The van der Waals surface area contributed by atoms with E-state index in [9.17, 15) is 4.79 Å². The van der Waals surface area contributed by atoms with E-state index in [1.807, 2.05) is 0 Å². The Kier molecular flexibility index (Phi) is 2.72. The van der Waals surface area contributed by atoms with Gasteiger partial charge in [-0.1, -0.05) is 0 Å². The van der Waals surface area contributed by atoms with E-state index in [0.29, 0.717) is 11.8 Å². The van der Waals surface area contributed by atoms with Crippen LogP contribution < -0.4 is 5.32 Å². The molecular formula is C16H24ClNO. The standard InChI is InChI=1S/C16H24ClNO/c17-10-16(2-1-3-16)18-14(19)15-7-11-4-12(8-15)6-13(5-11)9-15/h11-13H,1-10H2,(H,18,19). The minimum atomic E-state index is -0.0536. The Hall–Kier alpha value is -0.240. The van der Waals surface area contributed by atoms with Crippen molar-refractivity contribution < 1.29 is 4.79 Å². The topological polar surface area (TPSA) is 29.1 Å². The van der Waals surface area contributed by atoms with Gasteiger partial charge >= 0.3 is 0 Å². The first-order valence-corrected chi connectivity index (χ1v) is 8.55. The van der Waals surface area contributed by atoms with Crippen LogP contribution in [-0.2, 0) is 4.79 Å². The van der Waals surface area contributed by atoms with Crippen LogP contribution >= 0.6 is 11.6 Å². The molecule has 106 valence electrons. The van der Waals surface area contributed by atoms with Crippen LogP contribution in [0.25, 0.3) is 0 Å². The van der Waals surface area contributed by atoms with E-state index in [1.54, 1.807) is 0 Å². The summed E-state index contributed by atoms with van der Waals surface area (Å²) in [5, 5.41) is 3.37. The van der Waals surface area contributed by atoms with Crippen molar-refractivity contribution in [3.63, 3.8) is 0 Å². The van der Waals surface area contributed by atoms with E-state index >= 15 is 0 Å². The summed E-state index contributed by atoms with van der Waals surface area (Å²) < 4.78 is 0. The molecule has 5 aliphatic carbocycles. The van der Waals surface area contributed by atoms with E-state index in [2.05, 4.69) is 5.32 Å². The van der Waals surface area contributed by atoms with Gasteiger partial charge in [-0.05, 0) is 75.5 Å². The van der Waals surface area contributed by atoms with E-state index in [1.165, 1.54) is 25.7 Å². The van der Waals surface area contributed by atoms with Crippen LogP contribution in [0.1, 0.15) is 57.8 Å². The average molecular weight is 282 g/mol. The molecule has 5 aliphatic rings. The average Bonchev–Trinajstić information content (AvgIpc) is 2.31. The molecule has 1 amide bonds. The summed E-state index contributed by atoms with van der Waals surface area (Å²) in [6.07, 6.45) is 11.0. The summed E-state index contributed by atoms with van der Waals surface area (Å²) >= 11 is 6.10. The number of amides is 1. The summed E-state index contributed by atoms with van der Waals surface area (Å²) in [5.41, 5.74) is -0.0641. The van der Waals surface area contributed by atoms with Crippen molar-refractivity contribution in [1.29, 1.82) is 0 Å². The van der Waals surface area contributed by atoms with Crippen LogP contribution in [0.5, 0.6) is 0 Å². The van der Waals surface area contributed by atoms with Crippen molar-refractivity contribution in [2.45, 2.75) is 63.3 Å². The third-order valence-corrected chi connectivity index (χ3v) is 6.98. The van der Waals surface area contributed by atoms with Gasteiger partial charge in [-0.3, -0.25) is 4.79 Å². The van der Waals surface area contributed by atoms with Crippen molar-refractivity contribution in [3.05, 3.63) is 0 Å². The number of alkyl halides is 1. The zero-order valence-electron chi connectivity index (χ0n) is 11.6. The third-order valence-electron chi connectivity index (χ3n) is 6.47. The molecular weight excluding hydrogens is 258 g/mol. The summed E-state index contributed by atoms with van der Waals surface area (Å²) in [7, 11) is 0. The first-order valence-electron chi connectivity index (χ1n) is 8.02. The van der Waals surface area contributed by atoms with Crippen LogP contribution in [-0.4, -0.2) is 17.3 Å². The highest BCUT2D eigenvalue weighted by Gasteiger charge is 2.55. The molecule has 5 saturated carbocycles. The number of hydrogen-bond acceptors (Lipinski definition) is 1. The lowest BCUT2D eigenvalue weighted by Gasteiger charge is -2.56. The smallest absolute Gasteiger partial charge is 0.226 e. The number of nitrogens with one attached hydrogen (secondary N) is 1. The normalized spacial score (nSPS) is 45.8. The van der Waals surface area contributed by atoms with Crippen molar-refractivity contribution >= 4 is 17.5 Å². The summed E-state index contributed by atoms with van der Waals surface area (Å²) in [6.45, 7) is 0. The van der Waals surface area contributed by atoms with Crippen LogP contribution in [0.2, 0.25) is 0 Å². The molecule has 0 unspecified atom stereocenters. The summed E-state index contributed by atoms with van der Waals surface area (Å²) in [5.74, 6) is 3.46. The molecule has 5 rings (SSSR count). The van der Waals surface area contributed by atoms with Gasteiger partial charge in [0.05, 0.1) is 5.54 Å². The third kappa shape index (κ3) is 1.86. The lowest BCUT2D eigenvalue weighted by atomic mass is 9.49. The fourth-order valence-corrected chi connectivity index (χ4v) is 5.99. The highest BCUT2D eigenvalue weighted by Crippen LogP contribution is 2.60. The number of rotatable bonds is 3. The van der Waals surface area contributed by atoms with E-state index < -0.39 is 0 Å². The Morgan fingerprint density at radius 2 is 1.58 bits per heavy atom. The minimum absolute atomic E-state index is 0.0105. The fraction of sp³-hybridized carbons (Fsp3) is 0.938. The maximum atomic E-state index is 12.9. The Morgan fingerprint density at radius 1 is 1.05 bits per heavy atom. The van der Waals surface area contributed by atoms with E-state index in [4.69, 9.17) is 11.6 Å². The molecule has 0 heterocycles. The van der Waals surface area contributed by atoms with Crippen LogP contribution in [0.3, 0.4) is 0 Å². The second kappa shape index (κ2) is 4.13. The van der Waals surface area contributed by atoms with Gasteiger partial charge in [0.15, 0.2) is 0 Å². The summed E-state index contributed by atoms with van der Waals surface area (Å²) in [6, 6.07) is 0. The molecule has 2 nitrogen and oxygen atoms in total. The maximum absolute atomic E-state index is 12.9. The molecule has 0 spiro atoms. The van der Waals surface area contributed by atoms with Crippen molar-refractivity contribution in [3.8, 4) is 0 Å². The molecule has 4 bridgehead atoms. The van der Waals surface area contributed by atoms with Gasteiger partial charge in [0, 0.05) is 11.3 Å². The number of carbonyl (C=O) groups excluding carboxylic acids is 1. The maximum Gasteiger partial charge on any atom is 0.226 e. The molecule has 0 saturated heterocycles. The summed E-state index contributed by atoms with van der Waals surface area (Å²) in [4.78, 5) is 12.9. The molecule has 3 heteroatoms. The Bertz CT molecular complexity index is 361. The van der Waals surface area contributed by atoms with Crippen LogP contribution in [0.4, 0.5) is 0 Å². The van der Waals surface area contributed by atoms with Crippen molar-refractivity contribution in [2.24, 2.45) is 23.2 Å². The minimum Gasteiger partial charge on any atom is -0.349 e. The van der Waals surface area contributed by atoms with E-state index in [-0.39, 0.29) is 11.0 Å². The molecule has 1 N–H and O–H groups in total. The molecule has 5 fully saturated rings. The van der Waals surface area contributed by atoms with Gasteiger partial charge in [-0.2, -0.15) is 0 Å². The van der Waals surface area contributed by atoms with Gasteiger partial charge in [-0.25, -0.2) is 0 Å². The lowest BCUT2D eigenvalue weighted by Crippen LogP contribution is -2.61. The molecule has 0 aromatic rings.